The van der Waals surface area contributed by atoms with E-state index in [1.165, 1.54) is 7.11 Å². The third-order valence-corrected chi connectivity index (χ3v) is 3.40. The van der Waals surface area contributed by atoms with Gasteiger partial charge in [0.05, 0.1) is 12.1 Å². The smallest absolute Gasteiger partial charge is 0.333 e. The number of aromatic nitrogens is 1. The predicted molar refractivity (Wildman–Crippen MR) is 77.3 cm³/mol. The first kappa shape index (κ1) is 13.7. The number of hydrogen-bond acceptors (Lipinski definition) is 2. The number of benzene rings is 1. The minimum Gasteiger partial charge on any atom is -0.466 e. The molecule has 0 radical (unpaired) electrons. The maximum Gasteiger partial charge on any atom is 0.333 e. The van der Waals surface area contributed by atoms with Crippen LogP contribution in [0.15, 0.2) is 42.1 Å². The van der Waals surface area contributed by atoms with E-state index in [-0.39, 0.29) is 5.97 Å². The van der Waals surface area contributed by atoms with Crippen LogP contribution in [0.2, 0.25) is 5.02 Å². The standard InChI is InChI=1S/C15H16ClNO2/c1-3-11(15(18)19-2)8-9-17-10-13(16)12-6-4-5-7-14(12)17/h4-8,10H,3,9H2,1-2H3. The molecule has 0 spiro atoms. The first-order valence-corrected chi connectivity index (χ1v) is 6.56. The largest absolute Gasteiger partial charge is 0.466 e. The summed E-state index contributed by atoms with van der Waals surface area (Å²) in [5, 5.41) is 1.74. The Morgan fingerprint density at radius 2 is 2.16 bits per heavy atom. The van der Waals surface area contributed by atoms with Gasteiger partial charge in [-0.15, -0.1) is 0 Å². The highest BCUT2D eigenvalue weighted by Gasteiger charge is 2.08. The first-order chi connectivity index (χ1) is 9.17. The van der Waals surface area contributed by atoms with Crippen LogP contribution in [-0.2, 0) is 16.1 Å². The Kier molecular flexibility index (Phi) is 4.27. The van der Waals surface area contributed by atoms with Gasteiger partial charge in [0.2, 0.25) is 0 Å². The van der Waals surface area contributed by atoms with Crippen molar-refractivity contribution in [3.05, 3.63) is 47.1 Å². The second-order valence-corrected chi connectivity index (χ2v) is 4.63. The van der Waals surface area contributed by atoms with E-state index in [0.29, 0.717) is 18.5 Å². The number of carbonyl (C=O) groups excluding carboxylic acids is 1. The lowest BCUT2D eigenvalue weighted by Gasteiger charge is -2.04. The maximum absolute atomic E-state index is 11.5. The van der Waals surface area contributed by atoms with Crippen LogP contribution in [0.1, 0.15) is 13.3 Å². The van der Waals surface area contributed by atoms with Gasteiger partial charge in [0.1, 0.15) is 0 Å². The van der Waals surface area contributed by atoms with Crippen LogP contribution < -0.4 is 0 Å². The zero-order chi connectivity index (χ0) is 13.8. The molecule has 0 unspecified atom stereocenters. The van der Waals surface area contributed by atoms with Crippen LogP contribution in [0.3, 0.4) is 0 Å². The average molecular weight is 278 g/mol. The number of fused-ring (bicyclic) bond motifs is 1. The average Bonchev–Trinajstić information content (AvgIpc) is 2.76. The molecule has 1 heterocycles. The summed E-state index contributed by atoms with van der Waals surface area (Å²) in [6, 6.07) is 7.93. The molecule has 0 atom stereocenters. The van der Waals surface area contributed by atoms with E-state index in [2.05, 4.69) is 0 Å². The molecule has 0 saturated heterocycles. The Morgan fingerprint density at radius 1 is 1.42 bits per heavy atom. The Bertz CT molecular complexity index is 628. The summed E-state index contributed by atoms with van der Waals surface area (Å²) in [7, 11) is 1.40. The highest BCUT2D eigenvalue weighted by Crippen LogP contribution is 2.25. The predicted octanol–water partition coefficient (Wildman–Crippen LogP) is 3.80. The molecule has 1 aromatic heterocycles. The first-order valence-electron chi connectivity index (χ1n) is 6.18. The summed E-state index contributed by atoms with van der Waals surface area (Å²) in [6.07, 6.45) is 4.42. The van der Waals surface area contributed by atoms with Gasteiger partial charge in [0.15, 0.2) is 0 Å². The SMILES string of the molecule is CCC(=CCn1cc(Cl)c2ccccc21)C(=O)OC. The van der Waals surface area contributed by atoms with Crippen LogP contribution in [0, 0.1) is 0 Å². The molecule has 19 heavy (non-hydrogen) atoms. The molecule has 0 fully saturated rings. The topological polar surface area (TPSA) is 31.2 Å². The number of carbonyl (C=O) groups is 1. The fourth-order valence-corrected chi connectivity index (χ4v) is 2.34. The Labute approximate surface area is 117 Å². The zero-order valence-electron chi connectivity index (χ0n) is 11.0. The van der Waals surface area contributed by atoms with Crippen molar-refractivity contribution < 1.29 is 9.53 Å². The molecule has 0 N–H and O–H groups in total. The second kappa shape index (κ2) is 5.93. The number of ether oxygens (including phenoxy) is 1. The van der Waals surface area contributed by atoms with Gasteiger partial charge >= 0.3 is 5.97 Å². The molecule has 0 aliphatic rings. The van der Waals surface area contributed by atoms with Crippen molar-refractivity contribution in [3.8, 4) is 0 Å². The highest BCUT2D eigenvalue weighted by atomic mass is 35.5. The zero-order valence-corrected chi connectivity index (χ0v) is 11.8. The number of nitrogens with zero attached hydrogens (tertiary/aromatic N) is 1. The van der Waals surface area contributed by atoms with E-state index in [4.69, 9.17) is 16.3 Å². The van der Waals surface area contributed by atoms with Crippen molar-refractivity contribution in [1.29, 1.82) is 0 Å². The van der Waals surface area contributed by atoms with Crippen LogP contribution in [-0.4, -0.2) is 17.6 Å². The highest BCUT2D eigenvalue weighted by molar-refractivity contribution is 6.35. The molecule has 3 nitrogen and oxygen atoms in total. The second-order valence-electron chi connectivity index (χ2n) is 4.22. The van der Waals surface area contributed by atoms with Gasteiger partial charge < -0.3 is 9.30 Å². The third kappa shape index (κ3) is 2.82. The number of hydrogen-bond donors (Lipinski definition) is 0. The molecule has 2 rings (SSSR count). The third-order valence-electron chi connectivity index (χ3n) is 3.10. The summed E-state index contributed by atoms with van der Waals surface area (Å²) >= 11 is 6.18. The van der Waals surface area contributed by atoms with Crippen LogP contribution in [0.5, 0.6) is 0 Å². The van der Waals surface area contributed by atoms with Crippen molar-refractivity contribution in [3.63, 3.8) is 0 Å². The molecular weight excluding hydrogens is 262 g/mol. The molecule has 1 aromatic carbocycles. The fraction of sp³-hybridized carbons (Fsp3) is 0.267. The van der Waals surface area contributed by atoms with Gasteiger partial charge in [0.25, 0.3) is 0 Å². The van der Waals surface area contributed by atoms with Crippen LogP contribution in [0.4, 0.5) is 0 Å². The van der Waals surface area contributed by atoms with Crippen molar-refractivity contribution >= 4 is 28.5 Å². The molecule has 0 amide bonds. The number of allylic oxidation sites excluding steroid dienone is 1. The Hall–Kier alpha value is -1.74. The van der Waals surface area contributed by atoms with Gasteiger partial charge in [-0.3, -0.25) is 0 Å². The summed E-state index contributed by atoms with van der Waals surface area (Å²) in [4.78, 5) is 11.5. The Balaban J connectivity index is 2.31. The molecule has 4 heteroatoms. The lowest BCUT2D eigenvalue weighted by atomic mass is 10.2. The lowest BCUT2D eigenvalue weighted by Crippen LogP contribution is -2.05. The molecule has 100 valence electrons. The van der Waals surface area contributed by atoms with E-state index < -0.39 is 0 Å². The fourth-order valence-electron chi connectivity index (χ4n) is 2.06. The maximum atomic E-state index is 11.5. The summed E-state index contributed by atoms with van der Waals surface area (Å²) in [5.41, 5.74) is 1.74. The monoisotopic (exact) mass is 277 g/mol. The number of methoxy groups -OCH3 is 1. The molecule has 0 aliphatic carbocycles. The minimum atomic E-state index is -0.273. The van der Waals surface area contributed by atoms with Crippen molar-refractivity contribution in [1.82, 2.24) is 4.57 Å². The van der Waals surface area contributed by atoms with E-state index >= 15 is 0 Å². The van der Waals surface area contributed by atoms with Crippen molar-refractivity contribution in [2.24, 2.45) is 0 Å². The van der Waals surface area contributed by atoms with Crippen molar-refractivity contribution in [2.45, 2.75) is 19.9 Å². The van der Waals surface area contributed by atoms with E-state index in [1.807, 2.05) is 48.0 Å². The normalized spacial score (nSPS) is 11.8. The number of esters is 1. The van der Waals surface area contributed by atoms with Crippen LogP contribution >= 0.6 is 11.6 Å². The summed E-state index contributed by atoms with van der Waals surface area (Å²) in [6.45, 7) is 2.54. The molecule has 0 saturated carbocycles. The number of rotatable bonds is 4. The van der Waals surface area contributed by atoms with Gasteiger partial charge in [-0.25, -0.2) is 4.79 Å². The summed E-state index contributed by atoms with van der Waals surface area (Å²) in [5.74, 6) is -0.273. The molecule has 0 aliphatic heterocycles. The Morgan fingerprint density at radius 3 is 2.84 bits per heavy atom. The van der Waals surface area contributed by atoms with Gasteiger partial charge in [-0.1, -0.05) is 42.8 Å². The number of para-hydroxylation sites is 1. The van der Waals surface area contributed by atoms with Gasteiger partial charge in [-0.05, 0) is 12.5 Å². The van der Waals surface area contributed by atoms with Gasteiger partial charge in [-0.2, -0.15) is 0 Å². The lowest BCUT2D eigenvalue weighted by molar-refractivity contribution is -0.136. The number of halogens is 1. The summed E-state index contributed by atoms with van der Waals surface area (Å²) < 4.78 is 6.77. The van der Waals surface area contributed by atoms with E-state index in [1.54, 1.807) is 0 Å². The van der Waals surface area contributed by atoms with Crippen molar-refractivity contribution in [2.75, 3.05) is 7.11 Å². The van der Waals surface area contributed by atoms with E-state index in [9.17, 15) is 4.79 Å². The van der Waals surface area contributed by atoms with Gasteiger partial charge in [0, 0.05) is 29.2 Å². The molecule has 2 aromatic rings. The van der Waals surface area contributed by atoms with Crippen LogP contribution in [0.25, 0.3) is 10.9 Å². The quantitative estimate of drug-likeness (QED) is 0.629. The molecule has 0 bridgehead atoms. The minimum absolute atomic E-state index is 0.273. The molecular formula is C15H16ClNO2. The van der Waals surface area contributed by atoms with E-state index in [0.717, 1.165) is 15.9 Å².